The van der Waals surface area contributed by atoms with Crippen LogP contribution in [0.25, 0.3) is 0 Å². The van der Waals surface area contributed by atoms with Crippen LogP contribution in [0, 0.1) is 0 Å². The maximum atomic E-state index is 5.60. The molecular formula is C22H18N4O. The predicted octanol–water partition coefficient (Wildman–Crippen LogP) is 4.11. The van der Waals surface area contributed by atoms with E-state index in [0.29, 0.717) is 6.10 Å². The summed E-state index contributed by atoms with van der Waals surface area (Å²) in [6.45, 7) is 3.03. The third kappa shape index (κ3) is 2.25. The Hall–Kier alpha value is -3.05. The number of rotatable bonds is 2. The molecule has 1 saturated heterocycles. The van der Waals surface area contributed by atoms with Gasteiger partial charge in [-0.2, -0.15) is 0 Å². The van der Waals surface area contributed by atoms with Crippen LogP contribution in [0.3, 0.4) is 0 Å². The highest BCUT2D eigenvalue weighted by molar-refractivity contribution is 6.19. The number of fused-ring (bicyclic) bond motifs is 2. The van der Waals surface area contributed by atoms with Gasteiger partial charge in [0.25, 0.3) is 0 Å². The number of benzene rings is 2. The van der Waals surface area contributed by atoms with E-state index in [9.17, 15) is 0 Å². The molecular weight excluding hydrogens is 336 g/mol. The first-order valence-corrected chi connectivity index (χ1v) is 9.34. The molecule has 2 aromatic carbocycles. The highest BCUT2D eigenvalue weighted by Gasteiger charge is 2.36. The van der Waals surface area contributed by atoms with E-state index in [4.69, 9.17) is 9.73 Å². The van der Waals surface area contributed by atoms with Crippen LogP contribution >= 0.6 is 0 Å². The summed E-state index contributed by atoms with van der Waals surface area (Å²) >= 11 is 0. The van der Waals surface area contributed by atoms with E-state index in [2.05, 4.69) is 64.3 Å². The molecule has 1 fully saturated rings. The first kappa shape index (κ1) is 15.1. The minimum atomic E-state index is 0.237. The van der Waals surface area contributed by atoms with Crippen molar-refractivity contribution in [2.45, 2.75) is 25.6 Å². The zero-order valence-electron chi connectivity index (χ0n) is 15.0. The first-order chi connectivity index (χ1) is 13.3. The van der Waals surface area contributed by atoms with Crippen molar-refractivity contribution < 1.29 is 4.74 Å². The Bertz CT molecular complexity index is 1090. The van der Waals surface area contributed by atoms with Crippen molar-refractivity contribution in [1.82, 2.24) is 9.97 Å². The largest absolute Gasteiger partial charge is 0.365 e. The molecule has 3 aliphatic rings. The normalized spacial score (nSPS) is 22.0. The Balaban J connectivity index is 1.55. The average molecular weight is 354 g/mol. The maximum Gasteiger partial charge on any atom is 0.162 e. The van der Waals surface area contributed by atoms with E-state index in [-0.39, 0.29) is 6.10 Å². The van der Waals surface area contributed by atoms with Gasteiger partial charge in [-0.05, 0) is 24.5 Å². The van der Waals surface area contributed by atoms with Gasteiger partial charge in [0.05, 0.1) is 23.7 Å². The highest BCUT2D eigenvalue weighted by Crippen LogP contribution is 2.44. The molecule has 0 spiro atoms. The Labute approximate surface area is 157 Å². The number of epoxide rings is 1. The molecule has 3 aromatic rings. The van der Waals surface area contributed by atoms with Crippen molar-refractivity contribution in [2.24, 2.45) is 4.99 Å². The monoisotopic (exact) mass is 354 g/mol. The summed E-state index contributed by atoms with van der Waals surface area (Å²) in [5.41, 5.74) is 7.86. The Morgan fingerprint density at radius 2 is 1.96 bits per heavy atom. The van der Waals surface area contributed by atoms with Gasteiger partial charge in [0.2, 0.25) is 0 Å². The number of aromatic nitrogens is 2. The summed E-state index contributed by atoms with van der Waals surface area (Å²) in [7, 11) is 0. The van der Waals surface area contributed by atoms with Gasteiger partial charge in [0.1, 0.15) is 18.1 Å². The SMILES string of the molecule is CC1OC1c1ccc(C2=Nc3cncnc3N3CCc4cccc2c43)cc1. The summed E-state index contributed by atoms with van der Waals surface area (Å²) in [5, 5.41) is 0. The lowest BCUT2D eigenvalue weighted by Crippen LogP contribution is -2.16. The van der Waals surface area contributed by atoms with Crippen molar-refractivity contribution >= 4 is 22.9 Å². The van der Waals surface area contributed by atoms with Gasteiger partial charge in [0.15, 0.2) is 5.82 Å². The van der Waals surface area contributed by atoms with E-state index < -0.39 is 0 Å². The zero-order valence-corrected chi connectivity index (χ0v) is 15.0. The Kier molecular flexibility index (Phi) is 3.05. The van der Waals surface area contributed by atoms with Crippen LogP contribution in [-0.4, -0.2) is 28.3 Å². The van der Waals surface area contributed by atoms with E-state index in [0.717, 1.165) is 41.3 Å². The molecule has 5 nitrogen and oxygen atoms in total. The van der Waals surface area contributed by atoms with Crippen LogP contribution in [-0.2, 0) is 11.2 Å². The van der Waals surface area contributed by atoms with Gasteiger partial charge in [-0.3, -0.25) is 0 Å². The number of aliphatic imine (C=N–C) groups is 1. The van der Waals surface area contributed by atoms with E-state index in [1.54, 1.807) is 12.5 Å². The van der Waals surface area contributed by atoms with Crippen LogP contribution < -0.4 is 4.90 Å². The second kappa shape index (κ2) is 5.47. The molecule has 0 bridgehead atoms. The standard InChI is InChI=1S/C22H18N4O/c1-13-21(27-13)16-7-5-14(6-8-16)19-17-4-2-3-15-9-10-26(20(15)17)22-18(25-19)11-23-12-24-22/h2-8,11-13,21H,9-10H2,1H3. The topological polar surface area (TPSA) is 53.9 Å². The van der Waals surface area contributed by atoms with Crippen molar-refractivity contribution in [2.75, 3.05) is 11.4 Å². The minimum absolute atomic E-state index is 0.237. The van der Waals surface area contributed by atoms with Gasteiger partial charge in [-0.1, -0.05) is 42.5 Å². The average Bonchev–Trinajstić information content (AvgIpc) is 3.32. The predicted molar refractivity (Wildman–Crippen MR) is 104 cm³/mol. The molecule has 4 heterocycles. The number of ether oxygens (including phenoxy) is 1. The molecule has 3 aliphatic heterocycles. The fourth-order valence-corrected chi connectivity index (χ4v) is 4.23. The minimum Gasteiger partial charge on any atom is -0.365 e. The van der Waals surface area contributed by atoms with Crippen molar-refractivity contribution in [3.8, 4) is 0 Å². The smallest absolute Gasteiger partial charge is 0.162 e. The molecule has 0 N–H and O–H groups in total. The summed E-state index contributed by atoms with van der Waals surface area (Å²) < 4.78 is 5.60. The summed E-state index contributed by atoms with van der Waals surface area (Å²) in [4.78, 5) is 16.0. The second-order valence-electron chi connectivity index (χ2n) is 7.29. The molecule has 0 amide bonds. The molecule has 2 atom stereocenters. The highest BCUT2D eigenvalue weighted by atomic mass is 16.6. The lowest BCUT2D eigenvalue weighted by atomic mass is 9.97. The van der Waals surface area contributed by atoms with Gasteiger partial charge >= 0.3 is 0 Å². The lowest BCUT2D eigenvalue weighted by molar-refractivity contribution is 0.383. The molecule has 0 saturated carbocycles. The summed E-state index contributed by atoms with van der Waals surface area (Å²) in [6, 6.07) is 15.1. The van der Waals surface area contributed by atoms with Gasteiger partial charge in [-0.15, -0.1) is 0 Å². The molecule has 132 valence electrons. The number of hydrogen-bond donors (Lipinski definition) is 0. The van der Waals surface area contributed by atoms with Gasteiger partial charge in [0, 0.05) is 17.7 Å². The molecule has 27 heavy (non-hydrogen) atoms. The number of para-hydroxylation sites is 1. The van der Waals surface area contributed by atoms with Crippen LogP contribution in [0.5, 0.6) is 0 Å². The summed E-state index contributed by atoms with van der Waals surface area (Å²) in [5.74, 6) is 0.892. The lowest BCUT2D eigenvalue weighted by Gasteiger charge is -2.19. The molecule has 6 rings (SSSR count). The molecule has 0 aliphatic carbocycles. The first-order valence-electron chi connectivity index (χ1n) is 9.34. The van der Waals surface area contributed by atoms with Crippen LogP contribution in [0.2, 0.25) is 0 Å². The molecule has 0 radical (unpaired) electrons. The van der Waals surface area contributed by atoms with Crippen molar-refractivity contribution in [3.05, 3.63) is 77.2 Å². The number of nitrogens with zero attached hydrogens (tertiary/aromatic N) is 4. The van der Waals surface area contributed by atoms with Gasteiger partial charge in [-0.25, -0.2) is 15.0 Å². The second-order valence-corrected chi connectivity index (χ2v) is 7.29. The van der Waals surface area contributed by atoms with Crippen LogP contribution in [0.1, 0.15) is 35.3 Å². The maximum absolute atomic E-state index is 5.60. The van der Waals surface area contributed by atoms with Gasteiger partial charge < -0.3 is 9.64 Å². The van der Waals surface area contributed by atoms with Crippen molar-refractivity contribution in [1.29, 1.82) is 0 Å². The van der Waals surface area contributed by atoms with Crippen molar-refractivity contribution in [3.63, 3.8) is 0 Å². The molecule has 1 aromatic heterocycles. The van der Waals surface area contributed by atoms with E-state index in [1.807, 2.05) is 0 Å². The van der Waals surface area contributed by atoms with E-state index >= 15 is 0 Å². The fourth-order valence-electron chi connectivity index (χ4n) is 4.23. The summed E-state index contributed by atoms with van der Waals surface area (Å²) in [6.07, 6.45) is 4.99. The third-order valence-electron chi connectivity index (χ3n) is 5.63. The molecule has 5 heteroatoms. The fraction of sp³-hybridized carbons (Fsp3) is 0.227. The zero-order chi connectivity index (χ0) is 18.0. The quantitative estimate of drug-likeness (QED) is 0.650. The molecule has 2 unspecified atom stereocenters. The Morgan fingerprint density at radius 3 is 2.78 bits per heavy atom. The third-order valence-corrected chi connectivity index (χ3v) is 5.63. The van der Waals surface area contributed by atoms with E-state index in [1.165, 1.54) is 16.8 Å². The Morgan fingerprint density at radius 1 is 1.11 bits per heavy atom. The number of hydrogen-bond acceptors (Lipinski definition) is 5. The van der Waals surface area contributed by atoms with Crippen LogP contribution in [0.4, 0.5) is 17.2 Å². The number of anilines is 2. The van der Waals surface area contributed by atoms with Crippen LogP contribution in [0.15, 0.2) is 60.0 Å².